The number of aryl methyl sites for hydroxylation is 1. The fraction of sp³-hybridized carbons (Fsp3) is 0.394. The van der Waals surface area contributed by atoms with Gasteiger partial charge in [-0.15, -0.1) is 0 Å². The summed E-state index contributed by atoms with van der Waals surface area (Å²) in [5, 5.41) is 13.8. The van der Waals surface area contributed by atoms with E-state index in [9.17, 15) is 19.5 Å². The number of carbonyl (C=O) groups excluding carboxylic acids is 2. The van der Waals surface area contributed by atoms with Gasteiger partial charge in [0.25, 0.3) is 0 Å². The number of esters is 1. The van der Waals surface area contributed by atoms with Crippen LogP contribution in [0.2, 0.25) is 0 Å². The molecule has 0 fully saturated rings. The molecule has 4 aromatic rings. The molecular formula is C33H38N4O7. The summed E-state index contributed by atoms with van der Waals surface area (Å²) in [5.74, 6) is -1.52. The molecule has 5 rings (SSSR count). The standard InChI is InChI=1S/C33H38N4O7/c1-5-6-11-28-35-24(29(37-28)32(41)44-33(2,3)4)16-22(19-12-13-26-27(15-19)43-18-42-26)30(38)36-25(31(39)40)14-20-17-34-23-10-8-7-9-21(20)23/h7-10,12-13,15,17,22,25,34H,5-6,11,14,16,18H2,1-4H3,(H,35,37)(H,36,38)(H,39,40)/t22?,25-/m0/s1. The van der Waals surface area contributed by atoms with E-state index in [0.29, 0.717) is 35.0 Å². The first kappa shape index (κ1) is 30.7. The second-order valence-corrected chi connectivity index (χ2v) is 11.9. The third-order valence-electron chi connectivity index (χ3n) is 7.42. The lowest BCUT2D eigenvalue weighted by Gasteiger charge is -2.22. The number of benzene rings is 2. The van der Waals surface area contributed by atoms with Gasteiger partial charge in [-0.2, -0.15) is 0 Å². The average molecular weight is 603 g/mol. The monoisotopic (exact) mass is 602 g/mol. The van der Waals surface area contributed by atoms with E-state index in [-0.39, 0.29) is 25.3 Å². The summed E-state index contributed by atoms with van der Waals surface area (Å²) < 4.78 is 16.7. The Kier molecular flexibility index (Phi) is 8.93. The van der Waals surface area contributed by atoms with Crippen molar-refractivity contribution in [2.45, 2.75) is 77.4 Å². The van der Waals surface area contributed by atoms with Crippen molar-refractivity contribution in [1.29, 1.82) is 0 Å². The Morgan fingerprint density at radius 1 is 1.09 bits per heavy atom. The second-order valence-electron chi connectivity index (χ2n) is 11.9. The molecule has 44 heavy (non-hydrogen) atoms. The summed E-state index contributed by atoms with van der Waals surface area (Å²) in [5.41, 5.74) is 2.02. The summed E-state index contributed by atoms with van der Waals surface area (Å²) in [4.78, 5) is 50.7. The van der Waals surface area contributed by atoms with Crippen LogP contribution in [0.15, 0.2) is 48.7 Å². The van der Waals surface area contributed by atoms with Gasteiger partial charge in [-0.25, -0.2) is 14.6 Å². The number of H-pyrrole nitrogens is 2. The Morgan fingerprint density at radius 3 is 2.61 bits per heavy atom. The fourth-order valence-corrected chi connectivity index (χ4v) is 5.25. The van der Waals surface area contributed by atoms with Crippen molar-refractivity contribution in [2.75, 3.05) is 6.79 Å². The second kappa shape index (κ2) is 12.8. The molecule has 0 spiro atoms. The van der Waals surface area contributed by atoms with Crippen molar-refractivity contribution < 1.29 is 33.7 Å². The van der Waals surface area contributed by atoms with Crippen molar-refractivity contribution in [1.82, 2.24) is 20.3 Å². The zero-order valence-corrected chi connectivity index (χ0v) is 25.4. The molecule has 1 aliphatic heterocycles. The molecule has 2 aromatic heterocycles. The molecule has 0 radical (unpaired) electrons. The minimum Gasteiger partial charge on any atom is -0.480 e. The highest BCUT2D eigenvalue weighted by Gasteiger charge is 2.32. The van der Waals surface area contributed by atoms with Crippen molar-refractivity contribution >= 4 is 28.7 Å². The van der Waals surface area contributed by atoms with Crippen molar-refractivity contribution in [3.8, 4) is 11.5 Å². The van der Waals surface area contributed by atoms with Crippen LogP contribution in [0, 0.1) is 0 Å². The maximum Gasteiger partial charge on any atom is 0.357 e. The van der Waals surface area contributed by atoms with Crippen LogP contribution in [0.1, 0.15) is 79.6 Å². The van der Waals surface area contributed by atoms with Gasteiger partial charge in [0.15, 0.2) is 11.5 Å². The number of unbranched alkanes of at least 4 members (excludes halogenated alkanes) is 1. The van der Waals surface area contributed by atoms with Crippen molar-refractivity contribution in [3.05, 3.63) is 77.0 Å². The number of imidazole rings is 1. The number of ether oxygens (including phenoxy) is 3. The maximum atomic E-state index is 14.0. The third kappa shape index (κ3) is 7.04. The van der Waals surface area contributed by atoms with E-state index in [1.165, 1.54) is 0 Å². The first-order valence-corrected chi connectivity index (χ1v) is 14.8. The summed E-state index contributed by atoms with van der Waals surface area (Å²) in [6.07, 6.45) is 4.28. The minimum atomic E-state index is -1.21. The lowest BCUT2D eigenvalue weighted by molar-refractivity contribution is -0.142. The zero-order chi connectivity index (χ0) is 31.4. The number of aromatic amines is 2. The number of carbonyl (C=O) groups is 3. The Labute approximate surface area is 255 Å². The Balaban J connectivity index is 1.48. The van der Waals surface area contributed by atoms with Crippen LogP contribution < -0.4 is 14.8 Å². The molecular weight excluding hydrogens is 564 g/mol. The lowest BCUT2D eigenvalue weighted by Crippen LogP contribution is -2.44. The molecule has 232 valence electrons. The first-order chi connectivity index (χ1) is 21.0. The van der Waals surface area contributed by atoms with Crippen LogP contribution in [-0.2, 0) is 33.6 Å². The van der Waals surface area contributed by atoms with Crippen LogP contribution >= 0.6 is 0 Å². The van der Waals surface area contributed by atoms with Gasteiger partial charge in [0.05, 0.1) is 11.6 Å². The third-order valence-corrected chi connectivity index (χ3v) is 7.42. The smallest absolute Gasteiger partial charge is 0.357 e. The number of aromatic nitrogens is 3. The molecule has 0 saturated carbocycles. The van der Waals surface area contributed by atoms with E-state index in [4.69, 9.17) is 19.2 Å². The predicted molar refractivity (Wildman–Crippen MR) is 163 cm³/mol. The van der Waals surface area contributed by atoms with Gasteiger partial charge >= 0.3 is 11.9 Å². The van der Waals surface area contributed by atoms with E-state index in [1.54, 1.807) is 45.2 Å². The first-order valence-electron chi connectivity index (χ1n) is 14.8. The van der Waals surface area contributed by atoms with E-state index < -0.39 is 35.4 Å². The van der Waals surface area contributed by atoms with Crippen molar-refractivity contribution in [3.63, 3.8) is 0 Å². The molecule has 1 amide bonds. The number of carboxylic acids is 1. The van der Waals surface area contributed by atoms with Gasteiger partial charge in [-0.1, -0.05) is 37.6 Å². The van der Waals surface area contributed by atoms with Crippen LogP contribution in [0.4, 0.5) is 0 Å². The summed E-state index contributed by atoms with van der Waals surface area (Å²) >= 11 is 0. The number of aliphatic carboxylic acids is 1. The van der Waals surface area contributed by atoms with Gasteiger partial charge < -0.3 is 34.6 Å². The molecule has 4 N–H and O–H groups in total. The van der Waals surface area contributed by atoms with Gasteiger partial charge in [-0.3, -0.25) is 4.79 Å². The molecule has 11 heteroatoms. The Morgan fingerprint density at radius 2 is 1.86 bits per heavy atom. The Bertz CT molecular complexity index is 1670. The highest BCUT2D eigenvalue weighted by molar-refractivity contribution is 5.91. The Hall–Kier alpha value is -4.80. The number of fused-ring (bicyclic) bond motifs is 2. The minimum absolute atomic E-state index is 0.0160. The number of hydrogen-bond donors (Lipinski definition) is 4. The van der Waals surface area contributed by atoms with Gasteiger partial charge in [0.2, 0.25) is 12.7 Å². The molecule has 11 nitrogen and oxygen atoms in total. The highest BCUT2D eigenvalue weighted by atomic mass is 16.7. The largest absolute Gasteiger partial charge is 0.480 e. The van der Waals surface area contributed by atoms with E-state index in [1.807, 2.05) is 24.3 Å². The number of hydrogen-bond acceptors (Lipinski definition) is 7. The topological polar surface area (TPSA) is 156 Å². The van der Waals surface area contributed by atoms with E-state index >= 15 is 0 Å². The van der Waals surface area contributed by atoms with Crippen LogP contribution in [0.25, 0.3) is 10.9 Å². The number of amides is 1. The fourth-order valence-electron chi connectivity index (χ4n) is 5.25. The van der Waals surface area contributed by atoms with E-state index in [2.05, 4.69) is 22.2 Å². The highest BCUT2D eigenvalue weighted by Crippen LogP contribution is 2.36. The summed E-state index contributed by atoms with van der Waals surface area (Å²) in [7, 11) is 0. The quantitative estimate of drug-likeness (QED) is 0.164. The van der Waals surface area contributed by atoms with Crippen LogP contribution in [0.3, 0.4) is 0 Å². The van der Waals surface area contributed by atoms with Crippen molar-refractivity contribution in [2.24, 2.45) is 0 Å². The molecule has 2 atom stereocenters. The normalized spacial score (nSPS) is 13.9. The van der Waals surface area contributed by atoms with E-state index in [0.717, 1.165) is 29.3 Å². The average Bonchev–Trinajstić information content (AvgIpc) is 3.71. The van der Waals surface area contributed by atoms with Gasteiger partial charge in [-0.05, 0) is 56.5 Å². The summed E-state index contributed by atoms with van der Waals surface area (Å²) in [6.45, 7) is 7.46. The van der Waals surface area contributed by atoms with Gasteiger partial charge in [0, 0.05) is 36.4 Å². The number of nitrogens with one attached hydrogen (secondary N) is 3. The summed E-state index contributed by atoms with van der Waals surface area (Å²) in [6, 6.07) is 11.5. The molecule has 0 aliphatic carbocycles. The number of para-hydroxylation sites is 1. The molecule has 1 unspecified atom stereocenters. The molecule has 0 bridgehead atoms. The SMILES string of the molecule is CCCCc1nc(CC(C(=O)N[C@@H](Cc2c[nH]c3ccccc23)C(=O)O)c2ccc3c(c2)OCO3)c(C(=O)OC(C)(C)C)[nH]1. The number of nitrogens with zero attached hydrogens (tertiary/aromatic N) is 1. The molecule has 2 aromatic carbocycles. The van der Waals surface area contributed by atoms with Crippen LogP contribution in [0.5, 0.6) is 11.5 Å². The number of rotatable bonds is 12. The number of carboxylic acid groups (broad SMARTS) is 1. The zero-order valence-electron chi connectivity index (χ0n) is 25.4. The molecule has 0 saturated heterocycles. The lowest BCUT2D eigenvalue weighted by atomic mass is 9.91. The predicted octanol–water partition coefficient (Wildman–Crippen LogP) is 5.06. The molecule has 3 heterocycles. The molecule has 1 aliphatic rings. The van der Waals surface area contributed by atoms with Gasteiger partial charge in [0.1, 0.15) is 23.2 Å². The van der Waals surface area contributed by atoms with Crippen LogP contribution in [-0.4, -0.2) is 56.3 Å². The maximum absolute atomic E-state index is 14.0.